The van der Waals surface area contributed by atoms with Crippen LogP contribution in [-0.2, 0) is 4.79 Å². The molecule has 130 valence electrons. The van der Waals surface area contributed by atoms with Gasteiger partial charge in [0, 0.05) is 19.7 Å². The van der Waals surface area contributed by atoms with Crippen molar-refractivity contribution in [3.8, 4) is 0 Å². The number of nitrogens with zero attached hydrogens (tertiary/aromatic N) is 1. The molecule has 0 aliphatic carbocycles. The summed E-state index contributed by atoms with van der Waals surface area (Å²) in [6.07, 6.45) is 0. The number of carbonyl (C=O) groups is 1. The van der Waals surface area contributed by atoms with Crippen molar-refractivity contribution in [2.24, 2.45) is 0 Å². The summed E-state index contributed by atoms with van der Waals surface area (Å²) in [5.41, 5.74) is 1.90. The van der Waals surface area contributed by atoms with E-state index < -0.39 is 0 Å². The lowest BCUT2D eigenvalue weighted by molar-refractivity contribution is -0.117. The second kappa shape index (κ2) is 7.39. The highest BCUT2D eigenvalue weighted by Gasteiger charge is 2.30. The Bertz CT molecular complexity index is 913. The molecule has 5 heteroatoms. The predicted octanol–water partition coefficient (Wildman–Crippen LogP) is 6.65. The topological polar surface area (TPSA) is 20.3 Å². The molecule has 1 aliphatic rings. The van der Waals surface area contributed by atoms with E-state index in [-0.39, 0.29) is 11.2 Å². The van der Waals surface area contributed by atoms with Crippen molar-refractivity contribution in [1.29, 1.82) is 0 Å². The third-order valence-corrected chi connectivity index (χ3v) is 6.61. The number of anilines is 2. The van der Waals surface area contributed by atoms with Crippen LogP contribution >= 0.6 is 35.1 Å². The lowest BCUT2D eigenvalue weighted by atomic mass is 10.2. The van der Waals surface area contributed by atoms with E-state index in [0.29, 0.717) is 5.02 Å². The Kier molecular flexibility index (Phi) is 4.98. The molecule has 1 atom stereocenters. The maximum atomic E-state index is 13.4. The van der Waals surface area contributed by atoms with E-state index >= 15 is 0 Å². The van der Waals surface area contributed by atoms with Gasteiger partial charge in [-0.15, -0.1) is 11.8 Å². The summed E-state index contributed by atoms with van der Waals surface area (Å²) in [6, 6.07) is 23.7. The zero-order valence-corrected chi connectivity index (χ0v) is 16.4. The Labute approximate surface area is 166 Å². The van der Waals surface area contributed by atoms with Crippen LogP contribution in [0.3, 0.4) is 0 Å². The number of hydrogen-bond acceptors (Lipinski definition) is 3. The molecular formula is C21H16ClNOS2. The quantitative estimate of drug-likeness (QED) is 0.461. The summed E-state index contributed by atoms with van der Waals surface area (Å²) >= 11 is 9.21. The van der Waals surface area contributed by atoms with Gasteiger partial charge >= 0.3 is 0 Å². The number of rotatable bonds is 3. The van der Waals surface area contributed by atoms with Gasteiger partial charge in [-0.2, -0.15) is 0 Å². The number of carbonyl (C=O) groups excluding carboxylic acids is 1. The summed E-state index contributed by atoms with van der Waals surface area (Å²) in [5, 5.41) is 0.477. The Morgan fingerprint density at radius 2 is 1.46 bits per heavy atom. The van der Waals surface area contributed by atoms with Crippen molar-refractivity contribution in [2.45, 2.75) is 26.9 Å². The Morgan fingerprint density at radius 1 is 0.923 bits per heavy atom. The first-order chi connectivity index (χ1) is 12.6. The summed E-state index contributed by atoms with van der Waals surface area (Å²) in [4.78, 5) is 18.5. The van der Waals surface area contributed by atoms with Gasteiger partial charge in [0.25, 0.3) is 0 Å². The lowest BCUT2D eigenvalue weighted by Crippen LogP contribution is -2.34. The molecule has 3 aromatic rings. The molecule has 0 aromatic heterocycles. The number of halogens is 1. The third-order valence-electron chi connectivity index (χ3n) is 4.13. The maximum Gasteiger partial charge on any atom is 0.244 e. The van der Waals surface area contributed by atoms with E-state index in [1.807, 2.05) is 72.5 Å². The minimum Gasteiger partial charge on any atom is -0.278 e. The van der Waals surface area contributed by atoms with Crippen molar-refractivity contribution < 1.29 is 4.79 Å². The van der Waals surface area contributed by atoms with Crippen molar-refractivity contribution in [2.75, 3.05) is 4.90 Å². The fraction of sp³-hybridized carbons (Fsp3) is 0.0952. The normalized spacial score (nSPS) is 13.7. The SMILES string of the molecule is CC(Sc1ccc(Cl)cc1)C(=O)N1c2ccccc2Sc2ccccc21. The molecule has 0 saturated heterocycles. The van der Waals surface area contributed by atoms with Gasteiger partial charge in [-0.3, -0.25) is 9.69 Å². The van der Waals surface area contributed by atoms with E-state index in [1.54, 1.807) is 23.5 Å². The number of amides is 1. The fourth-order valence-corrected chi connectivity index (χ4v) is 4.98. The summed E-state index contributed by atoms with van der Waals surface area (Å²) in [5.74, 6) is 0.0742. The van der Waals surface area contributed by atoms with E-state index in [1.165, 1.54) is 0 Å². The molecule has 0 fully saturated rings. The maximum absolute atomic E-state index is 13.4. The molecule has 1 unspecified atom stereocenters. The van der Waals surface area contributed by atoms with Crippen LogP contribution in [0, 0.1) is 0 Å². The first-order valence-corrected chi connectivity index (χ1v) is 10.3. The number of fused-ring (bicyclic) bond motifs is 2. The monoisotopic (exact) mass is 397 g/mol. The molecule has 0 N–H and O–H groups in total. The number of para-hydroxylation sites is 2. The second-order valence-corrected chi connectivity index (χ2v) is 8.86. The van der Waals surface area contributed by atoms with Crippen LogP contribution in [0.5, 0.6) is 0 Å². The molecule has 26 heavy (non-hydrogen) atoms. The summed E-state index contributed by atoms with van der Waals surface area (Å²) < 4.78 is 0. The largest absolute Gasteiger partial charge is 0.278 e. The summed E-state index contributed by atoms with van der Waals surface area (Å²) in [7, 11) is 0. The van der Waals surface area contributed by atoms with Gasteiger partial charge in [-0.05, 0) is 55.5 Å². The molecule has 0 saturated carbocycles. The Hall–Kier alpha value is -1.88. The van der Waals surface area contributed by atoms with Gasteiger partial charge < -0.3 is 0 Å². The molecule has 0 bridgehead atoms. The van der Waals surface area contributed by atoms with Crippen LogP contribution in [0.15, 0.2) is 87.5 Å². The van der Waals surface area contributed by atoms with Gasteiger partial charge in [0.15, 0.2) is 0 Å². The molecule has 0 spiro atoms. The minimum atomic E-state index is -0.222. The van der Waals surface area contributed by atoms with Crippen molar-refractivity contribution in [3.05, 3.63) is 77.8 Å². The fourth-order valence-electron chi connectivity index (χ4n) is 2.89. The average molecular weight is 398 g/mol. The smallest absolute Gasteiger partial charge is 0.244 e. The number of thioether (sulfide) groups is 1. The number of hydrogen-bond donors (Lipinski definition) is 0. The summed E-state index contributed by atoms with van der Waals surface area (Å²) in [6.45, 7) is 1.95. The van der Waals surface area contributed by atoms with Gasteiger partial charge in [0.2, 0.25) is 5.91 Å². The highest BCUT2D eigenvalue weighted by molar-refractivity contribution is 8.00. The van der Waals surface area contributed by atoms with Crippen molar-refractivity contribution in [3.63, 3.8) is 0 Å². The zero-order chi connectivity index (χ0) is 18.1. The van der Waals surface area contributed by atoms with Gasteiger partial charge in [0.05, 0.1) is 16.6 Å². The number of benzene rings is 3. The van der Waals surface area contributed by atoms with Crippen LogP contribution in [0.1, 0.15) is 6.92 Å². The van der Waals surface area contributed by atoms with Gasteiger partial charge in [-0.25, -0.2) is 0 Å². The molecule has 1 amide bonds. The van der Waals surface area contributed by atoms with E-state index in [0.717, 1.165) is 26.1 Å². The molecule has 1 aliphatic heterocycles. The predicted molar refractivity (Wildman–Crippen MR) is 111 cm³/mol. The van der Waals surface area contributed by atoms with E-state index in [2.05, 4.69) is 12.1 Å². The Balaban J connectivity index is 1.68. The molecule has 1 heterocycles. The third kappa shape index (κ3) is 3.37. The standard InChI is InChI=1S/C21H16ClNOS2/c1-14(25-16-12-10-15(22)11-13-16)21(24)23-17-6-2-4-8-19(17)26-20-9-5-3-7-18(20)23/h2-14H,1H3. The molecular weight excluding hydrogens is 382 g/mol. The highest BCUT2D eigenvalue weighted by atomic mass is 35.5. The Morgan fingerprint density at radius 3 is 2.04 bits per heavy atom. The van der Waals surface area contributed by atoms with Gasteiger partial charge in [0.1, 0.15) is 0 Å². The lowest BCUT2D eigenvalue weighted by Gasteiger charge is -2.32. The first kappa shape index (κ1) is 17.5. The average Bonchev–Trinajstić information content (AvgIpc) is 2.67. The van der Waals surface area contributed by atoms with Crippen molar-refractivity contribution >= 4 is 52.4 Å². The van der Waals surface area contributed by atoms with Crippen LogP contribution in [0.25, 0.3) is 0 Å². The van der Waals surface area contributed by atoms with Crippen LogP contribution < -0.4 is 4.90 Å². The molecule has 4 rings (SSSR count). The molecule has 2 nitrogen and oxygen atoms in total. The van der Waals surface area contributed by atoms with Crippen LogP contribution in [-0.4, -0.2) is 11.2 Å². The molecule has 3 aromatic carbocycles. The van der Waals surface area contributed by atoms with Crippen molar-refractivity contribution in [1.82, 2.24) is 0 Å². The highest BCUT2D eigenvalue weighted by Crippen LogP contribution is 2.48. The van der Waals surface area contributed by atoms with E-state index in [4.69, 9.17) is 11.6 Å². The first-order valence-electron chi connectivity index (χ1n) is 8.25. The van der Waals surface area contributed by atoms with Gasteiger partial charge in [-0.1, -0.05) is 47.6 Å². The minimum absolute atomic E-state index is 0.0742. The van der Waals surface area contributed by atoms with E-state index in [9.17, 15) is 4.79 Å². The zero-order valence-electron chi connectivity index (χ0n) is 14.1. The van der Waals surface area contributed by atoms with Crippen LogP contribution in [0.2, 0.25) is 5.02 Å². The van der Waals surface area contributed by atoms with Crippen LogP contribution in [0.4, 0.5) is 11.4 Å². The molecule has 0 radical (unpaired) electrons. The second-order valence-electron chi connectivity index (χ2n) is 5.93.